The first kappa shape index (κ1) is 19.4. The molecule has 0 rings (SSSR count). The molecule has 0 spiro atoms. The molecule has 0 unspecified atom stereocenters. The van der Waals surface area contributed by atoms with E-state index in [0.717, 1.165) is 12.8 Å². The maximum absolute atomic E-state index is 11.8. The van der Waals surface area contributed by atoms with Crippen LogP contribution in [0.4, 0.5) is 0 Å². The standard InChI is InChI=1S/C17H28O4/c1-6-20-16(18)15(17(19)21-7-2)12-11-14(5)10-8-9-13(3)4/h9,12,14H,6-8,10-11H2,1-5H3/t14-/m1/s1. The molecule has 120 valence electrons. The van der Waals surface area contributed by atoms with Gasteiger partial charge >= 0.3 is 11.9 Å². The van der Waals surface area contributed by atoms with E-state index in [1.54, 1.807) is 19.9 Å². The summed E-state index contributed by atoms with van der Waals surface area (Å²) in [6.45, 7) is 10.2. The Morgan fingerprint density at radius 3 is 1.95 bits per heavy atom. The lowest BCUT2D eigenvalue weighted by molar-refractivity contribution is -0.146. The number of allylic oxidation sites excluding steroid dienone is 3. The van der Waals surface area contributed by atoms with Gasteiger partial charge in [0.1, 0.15) is 5.57 Å². The highest BCUT2D eigenvalue weighted by Gasteiger charge is 2.20. The van der Waals surface area contributed by atoms with Crippen LogP contribution in [-0.4, -0.2) is 25.2 Å². The zero-order valence-corrected chi connectivity index (χ0v) is 13.9. The molecule has 0 aromatic rings. The molecule has 0 radical (unpaired) electrons. The number of esters is 2. The predicted molar refractivity (Wildman–Crippen MR) is 83.8 cm³/mol. The lowest BCUT2D eigenvalue weighted by atomic mass is 9.99. The number of carbonyl (C=O) groups excluding carboxylic acids is 2. The molecule has 0 aliphatic heterocycles. The molecule has 0 N–H and O–H groups in total. The molecule has 4 nitrogen and oxygen atoms in total. The van der Waals surface area contributed by atoms with E-state index in [9.17, 15) is 9.59 Å². The Kier molecular flexibility index (Phi) is 10.3. The maximum Gasteiger partial charge on any atom is 0.345 e. The first-order valence-corrected chi connectivity index (χ1v) is 7.60. The lowest BCUT2D eigenvalue weighted by Gasteiger charge is -2.09. The fourth-order valence-corrected chi connectivity index (χ4v) is 1.76. The summed E-state index contributed by atoms with van der Waals surface area (Å²) in [7, 11) is 0. The Labute approximate surface area is 128 Å². The maximum atomic E-state index is 11.8. The second kappa shape index (κ2) is 11.1. The van der Waals surface area contributed by atoms with Crippen molar-refractivity contribution >= 4 is 11.9 Å². The SMILES string of the molecule is CCOC(=O)C(=CC[C@H](C)CCC=C(C)C)C(=O)OCC. The van der Waals surface area contributed by atoms with Crippen LogP contribution >= 0.6 is 0 Å². The molecule has 0 saturated heterocycles. The monoisotopic (exact) mass is 296 g/mol. The third-order valence-electron chi connectivity index (χ3n) is 2.93. The van der Waals surface area contributed by atoms with Gasteiger partial charge < -0.3 is 9.47 Å². The summed E-state index contributed by atoms with van der Waals surface area (Å²) in [5, 5.41) is 0. The summed E-state index contributed by atoms with van der Waals surface area (Å²) in [5.41, 5.74) is 1.31. The van der Waals surface area contributed by atoms with Crippen LogP contribution in [-0.2, 0) is 19.1 Å². The van der Waals surface area contributed by atoms with Gasteiger partial charge in [-0.2, -0.15) is 0 Å². The number of carbonyl (C=O) groups is 2. The number of hydrogen-bond acceptors (Lipinski definition) is 4. The molecule has 0 heterocycles. The first-order chi connectivity index (χ1) is 9.92. The van der Waals surface area contributed by atoms with Gasteiger partial charge in [0, 0.05) is 0 Å². The second-order valence-electron chi connectivity index (χ2n) is 5.26. The van der Waals surface area contributed by atoms with E-state index >= 15 is 0 Å². The van der Waals surface area contributed by atoms with Crippen LogP contribution in [0.3, 0.4) is 0 Å². The van der Waals surface area contributed by atoms with E-state index in [4.69, 9.17) is 9.47 Å². The van der Waals surface area contributed by atoms with Crippen molar-refractivity contribution in [3.8, 4) is 0 Å². The van der Waals surface area contributed by atoms with Crippen molar-refractivity contribution in [2.24, 2.45) is 5.92 Å². The van der Waals surface area contributed by atoms with Crippen molar-refractivity contribution in [1.29, 1.82) is 0 Å². The minimum Gasteiger partial charge on any atom is -0.462 e. The molecule has 0 saturated carbocycles. The summed E-state index contributed by atoms with van der Waals surface area (Å²) in [4.78, 5) is 23.5. The molecule has 0 aliphatic carbocycles. The van der Waals surface area contributed by atoms with E-state index in [1.807, 2.05) is 0 Å². The molecule has 0 aromatic carbocycles. The third kappa shape index (κ3) is 9.05. The van der Waals surface area contributed by atoms with Gasteiger partial charge in [0.25, 0.3) is 0 Å². The minimum absolute atomic E-state index is 0.00719. The number of rotatable bonds is 9. The molecule has 0 bridgehead atoms. The van der Waals surface area contributed by atoms with Crippen LogP contribution < -0.4 is 0 Å². The molecule has 4 heteroatoms. The van der Waals surface area contributed by atoms with Crippen molar-refractivity contribution in [2.75, 3.05) is 13.2 Å². The molecule has 0 aromatic heterocycles. The van der Waals surface area contributed by atoms with Gasteiger partial charge in [-0.3, -0.25) is 0 Å². The van der Waals surface area contributed by atoms with Crippen LogP contribution in [0.1, 0.15) is 53.9 Å². The smallest absolute Gasteiger partial charge is 0.345 e. The van der Waals surface area contributed by atoms with Gasteiger partial charge in [-0.25, -0.2) is 9.59 Å². The fraction of sp³-hybridized carbons (Fsp3) is 0.647. The molecule has 0 aliphatic rings. The van der Waals surface area contributed by atoms with Gasteiger partial charge in [0.2, 0.25) is 0 Å². The van der Waals surface area contributed by atoms with Crippen LogP contribution in [0.5, 0.6) is 0 Å². The van der Waals surface area contributed by atoms with E-state index in [2.05, 4.69) is 26.8 Å². The van der Waals surface area contributed by atoms with Crippen molar-refractivity contribution in [2.45, 2.75) is 53.9 Å². The highest BCUT2D eigenvalue weighted by atomic mass is 16.6. The summed E-state index contributed by atoms with van der Waals surface area (Å²) >= 11 is 0. The Hall–Kier alpha value is -1.58. The van der Waals surface area contributed by atoms with E-state index in [0.29, 0.717) is 12.3 Å². The third-order valence-corrected chi connectivity index (χ3v) is 2.93. The van der Waals surface area contributed by atoms with E-state index in [-0.39, 0.29) is 18.8 Å². The van der Waals surface area contributed by atoms with Gasteiger partial charge in [0.05, 0.1) is 13.2 Å². The van der Waals surface area contributed by atoms with Crippen LogP contribution in [0.2, 0.25) is 0 Å². The molecule has 0 amide bonds. The highest BCUT2D eigenvalue weighted by Crippen LogP contribution is 2.15. The van der Waals surface area contributed by atoms with E-state index < -0.39 is 11.9 Å². The normalized spacial score (nSPS) is 11.3. The summed E-state index contributed by atoms with van der Waals surface area (Å²) in [6, 6.07) is 0. The van der Waals surface area contributed by atoms with Crippen molar-refractivity contribution in [1.82, 2.24) is 0 Å². The second-order valence-corrected chi connectivity index (χ2v) is 5.26. The van der Waals surface area contributed by atoms with Crippen molar-refractivity contribution in [3.63, 3.8) is 0 Å². The van der Waals surface area contributed by atoms with Crippen LogP contribution in [0.25, 0.3) is 0 Å². The lowest BCUT2D eigenvalue weighted by Crippen LogP contribution is -2.18. The Bertz CT molecular complexity index is 370. The zero-order valence-electron chi connectivity index (χ0n) is 13.9. The number of hydrogen-bond donors (Lipinski definition) is 0. The van der Waals surface area contributed by atoms with Gasteiger partial charge in [0.15, 0.2) is 0 Å². The van der Waals surface area contributed by atoms with Crippen LogP contribution in [0, 0.1) is 5.92 Å². The predicted octanol–water partition coefficient (Wildman–Crippen LogP) is 3.81. The average Bonchev–Trinajstić information content (AvgIpc) is 2.39. The molecular weight excluding hydrogens is 268 g/mol. The summed E-state index contributed by atoms with van der Waals surface area (Å²) in [5.74, 6) is -0.820. The average molecular weight is 296 g/mol. The Morgan fingerprint density at radius 2 is 1.52 bits per heavy atom. The zero-order chi connectivity index (χ0) is 16.3. The Balaban J connectivity index is 4.64. The number of ether oxygens (including phenoxy) is 2. The fourth-order valence-electron chi connectivity index (χ4n) is 1.76. The van der Waals surface area contributed by atoms with Gasteiger partial charge in [-0.05, 0) is 52.9 Å². The van der Waals surface area contributed by atoms with Crippen molar-refractivity contribution < 1.29 is 19.1 Å². The Morgan fingerprint density at radius 1 is 1.00 bits per heavy atom. The molecule has 21 heavy (non-hydrogen) atoms. The molecular formula is C17H28O4. The quantitative estimate of drug-likeness (QED) is 0.213. The minimum atomic E-state index is -0.604. The topological polar surface area (TPSA) is 52.6 Å². The largest absolute Gasteiger partial charge is 0.462 e. The van der Waals surface area contributed by atoms with Gasteiger partial charge in [-0.1, -0.05) is 24.6 Å². The summed E-state index contributed by atoms with van der Waals surface area (Å²) < 4.78 is 9.80. The first-order valence-electron chi connectivity index (χ1n) is 7.60. The van der Waals surface area contributed by atoms with Crippen LogP contribution in [0.15, 0.2) is 23.3 Å². The van der Waals surface area contributed by atoms with E-state index in [1.165, 1.54) is 5.57 Å². The highest BCUT2D eigenvalue weighted by molar-refractivity contribution is 6.14. The molecule has 0 fully saturated rings. The van der Waals surface area contributed by atoms with Crippen molar-refractivity contribution in [3.05, 3.63) is 23.3 Å². The summed E-state index contributed by atoms with van der Waals surface area (Å²) in [6.07, 6.45) is 6.51. The van der Waals surface area contributed by atoms with Gasteiger partial charge in [-0.15, -0.1) is 0 Å². The molecule has 1 atom stereocenters.